The van der Waals surface area contributed by atoms with Crippen LogP contribution in [0.4, 0.5) is 0 Å². The van der Waals surface area contributed by atoms with E-state index < -0.39 is 10.4 Å². The Balaban J connectivity index is -0.00000000533. The fraction of sp³-hybridized carbons (Fsp3) is 0. The van der Waals surface area contributed by atoms with E-state index in [0.29, 0.717) is 0 Å². The zero-order chi connectivity index (χ0) is 4.50. The molecule has 0 atom stereocenters. The Morgan fingerprint density at radius 1 is 1.14 bits per heavy atom. The summed E-state index contributed by atoms with van der Waals surface area (Å²) in [6, 6.07) is 0. The van der Waals surface area contributed by atoms with Gasteiger partial charge in [0.2, 0.25) is 0 Å². The molecule has 0 bridgehead atoms. The van der Waals surface area contributed by atoms with Crippen molar-refractivity contribution in [3.05, 3.63) is 0 Å². The second kappa shape index (κ2) is 5.54. The van der Waals surface area contributed by atoms with Crippen LogP contribution >= 0.6 is 0 Å². The Morgan fingerprint density at radius 2 is 1.14 bits per heavy atom. The zero-order valence-corrected chi connectivity index (χ0v) is 7.18. The Kier molecular flexibility index (Phi) is 12.5. The molecule has 0 fully saturated rings. The first kappa shape index (κ1) is 15.8. The summed E-state index contributed by atoms with van der Waals surface area (Å²) in [4.78, 5) is 0. The van der Waals surface area contributed by atoms with Crippen LogP contribution in [0, 0.1) is 0 Å². The van der Waals surface area contributed by atoms with Crippen molar-refractivity contribution in [2.45, 2.75) is 0 Å². The van der Waals surface area contributed by atoms with Gasteiger partial charge in [0.25, 0.3) is 0 Å². The summed E-state index contributed by atoms with van der Waals surface area (Å²) in [5.41, 5.74) is 0. The van der Waals surface area contributed by atoms with Gasteiger partial charge in [-0.1, -0.05) is 0 Å². The molecule has 7 heteroatoms. The van der Waals surface area contributed by atoms with Crippen LogP contribution in [-0.2, 0) is 10.4 Å². The van der Waals surface area contributed by atoms with Gasteiger partial charge in [-0.05, 0) is 0 Å². The maximum atomic E-state index is 8.74. The van der Waals surface area contributed by atoms with Crippen molar-refractivity contribution in [1.29, 1.82) is 0 Å². The minimum atomic E-state index is -4.67. The molecule has 0 rings (SSSR count). The molecule has 0 aromatic heterocycles. The minimum absolute atomic E-state index is 0. The van der Waals surface area contributed by atoms with Gasteiger partial charge in [0, 0.05) is 0 Å². The first-order valence-corrected chi connectivity index (χ1v) is 2.10. The predicted molar refractivity (Wildman–Crippen MR) is 30.1 cm³/mol. The molecule has 0 aromatic carbocycles. The van der Waals surface area contributed by atoms with Crippen molar-refractivity contribution in [2.24, 2.45) is 0 Å². The van der Waals surface area contributed by atoms with Gasteiger partial charge in [0.15, 0.2) is 0 Å². The number of hydrogen-bond acceptors (Lipinski definition) is 2. The maximum Gasteiger partial charge on any atom is 2.00 e. The number of rotatable bonds is 0. The molecule has 0 radical (unpaired) electrons. The maximum absolute atomic E-state index is 8.74. The molecule has 0 unspecified atom stereocenters. The van der Waals surface area contributed by atoms with E-state index in [1.54, 1.807) is 0 Å². The van der Waals surface area contributed by atoms with Gasteiger partial charge in [-0.2, -0.15) is 8.42 Å². The molecule has 40 valence electrons. The Morgan fingerprint density at radius 3 is 1.14 bits per heavy atom. The van der Waals surface area contributed by atoms with E-state index in [0.717, 1.165) is 0 Å². The van der Waals surface area contributed by atoms with E-state index >= 15 is 0 Å². The average Bonchev–Trinajstić information content (AvgIpc) is 0.722. The molecule has 0 aliphatic carbocycles. The van der Waals surface area contributed by atoms with Gasteiger partial charge in [-0.3, -0.25) is 9.11 Å². The first-order valence-electron chi connectivity index (χ1n) is 0.698. The van der Waals surface area contributed by atoms with Crippen LogP contribution < -0.4 is 0 Å². The monoisotopic (exact) mass is 150 g/mol. The smallest absolute Gasteiger partial charge is 1.00 e. The van der Waals surface area contributed by atoms with E-state index in [2.05, 4.69) is 0 Å². The molecular formula is H6Mg2O4S. The third kappa shape index (κ3) is 110. The molecule has 0 aliphatic heterocycles. The van der Waals surface area contributed by atoms with Crippen molar-refractivity contribution in [1.82, 2.24) is 0 Å². The van der Waals surface area contributed by atoms with Crippen LogP contribution in [0.5, 0.6) is 0 Å². The van der Waals surface area contributed by atoms with Gasteiger partial charge in [0.1, 0.15) is 0 Å². The van der Waals surface area contributed by atoms with Crippen LogP contribution in [0.1, 0.15) is 5.71 Å². The molecule has 0 aromatic rings. The summed E-state index contributed by atoms with van der Waals surface area (Å²) in [6.45, 7) is 0. The van der Waals surface area contributed by atoms with E-state index in [-0.39, 0.29) is 51.8 Å². The van der Waals surface area contributed by atoms with Crippen LogP contribution in [0.25, 0.3) is 0 Å². The van der Waals surface area contributed by atoms with E-state index in [4.69, 9.17) is 17.5 Å². The van der Waals surface area contributed by atoms with Crippen molar-refractivity contribution in [2.75, 3.05) is 0 Å². The molecule has 0 saturated heterocycles. The quantitative estimate of drug-likeness (QED) is 0.345. The van der Waals surface area contributed by atoms with Crippen molar-refractivity contribution < 1.29 is 23.2 Å². The van der Waals surface area contributed by atoms with Crippen LogP contribution in [0.15, 0.2) is 0 Å². The second-order valence-electron chi connectivity index (χ2n) is 0.448. The van der Waals surface area contributed by atoms with E-state index in [1.165, 1.54) is 0 Å². The minimum Gasteiger partial charge on any atom is -1.00 e. The Hall–Kier alpha value is 1.40. The van der Waals surface area contributed by atoms with E-state index in [1.807, 2.05) is 0 Å². The summed E-state index contributed by atoms with van der Waals surface area (Å²) >= 11 is 0. The Bertz CT molecular complexity index is 103. The third-order valence-electron chi connectivity index (χ3n) is 0. The fourth-order valence-electron chi connectivity index (χ4n) is 0. The molecule has 0 amide bonds. The van der Waals surface area contributed by atoms with E-state index in [9.17, 15) is 0 Å². The zero-order valence-electron chi connectivity index (χ0n) is 7.53. The van der Waals surface area contributed by atoms with Crippen LogP contribution in [0.2, 0.25) is 0 Å². The van der Waals surface area contributed by atoms with Crippen molar-refractivity contribution >= 4 is 56.5 Å². The van der Waals surface area contributed by atoms with Crippen molar-refractivity contribution in [3.8, 4) is 0 Å². The molecule has 0 heterocycles. The summed E-state index contributed by atoms with van der Waals surface area (Å²) in [5, 5.41) is 0. The Labute approximate surface area is 79.5 Å². The third-order valence-corrected chi connectivity index (χ3v) is 0. The average molecular weight is 151 g/mol. The van der Waals surface area contributed by atoms with Gasteiger partial charge >= 0.3 is 56.5 Å². The summed E-state index contributed by atoms with van der Waals surface area (Å²) in [6.07, 6.45) is 0. The summed E-state index contributed by atoms with van der Waals surface area (Å²) in [7, 11) is -4.67. The van der Waals surface area contributed by atoms with Gasteiger partial charge < -0.3 is 5.71 Å². The predicted octanol–water partition coefficient (Wildman–Crippen LogP) is -0.964. The summed E-state index contributed by atoms with van der Waals surface area (Å²) in [5.74, 6) is 0. The largest absolute Gasteiger partial charge is 2.00 e. The standard InChI is InChI=1S/2Mg.H2O4S.4H/c;;1-5(2,3)4;;;;/h;;(H2,1,2,3,4);;;;/q2*+2;;4*-1. The van der Waals surface area contributed by atoms with Crippen LogP contribution in [0.3, 0.4) is 0 Å². The van der Waals surface area contributed by atoms with Crippen LogP contribution in [-0.4, -0.2) is 63.6 Å². The molecule has 0 aliphatic rings. The van der Waals surface area contributed by atoms with Gasteiger partial charge in [-0.15, -0.1) is 0 Å². The molecule has 0 saturated carbocycles. The normalized spacial score (nSPS) is 8.29. The van der Waals surface area contributed by atoms with Gasteiger partial charge in [-0.25, -0.2) is 0 Å². The molecule has 4 nitrogen and oxygen atoms in total. The number of hydrogen-bond donors (Lipinski definition) is 2. The molecular weight excluding hydrogens is 145 g/mol. The molecule has 7 heavy (non-hydrogen) atoms. The van der Waals surface area contributed by atoms with Crippen molar-refractivity contribution in [3.63, 3.8) is 0 Å². The first-order chi connectivity index (χ1) is 2.00. The molecule has 0 spiro atoms. The SMILES string of the molecule is O=S(=O)(O)O.[H-].[H-].[H-].[H-].[Mg+2].[Mg+2]. The second-order valence-corrected chi connectivity index (χ2v) is 1.34. The molecule has 2 N–H and O–H groups in total. The summed E-state index contributed by atoms with van der Waals surface area (Å²) < 4.78 is 31.6. The fourth-order valence-corrected chi connectivity index (χ4v) is 0. The van der Waals surface area contributed by atoms with Gasteiger partial charge in [0.05, 0.1) is 0 Å². The topological polar surface area (TPSA) is 74.6 Å².